The van der Waals surface area contributed by atoms with Crippen LogP contribution >= 0.6 is 12.6 Å². The number of carboxylic acids is 1. The molecule has 0 saturated heterocycles. The Bertz CT molecular complexity index is 2640. The van der Waals surface area contributed by atoms with Crippen LogP contribution in [0.1, 0.15) is 97.5 Å². The zero-order chi connectivity index (χ0) is 62.1. The molecule has 0 bridgehead atoms. The number of hydrogen-bond acceptors (Lipinski definition) is 17. The van der Waals surface area contributed by atoms with Crippen molar-refractivity contribution in [1.82, 2.24) is 67.8 Å². The Morgan fingerprint density at radius 2 is 1.04 bits per heavy atom. The van der Waals surface area contributed by atoms with E-state index in [-0.39, 0.29) is 68.3 Å². The molecule has 3 aromatic rings. The first-order valence-corrected chi connectivity index (χ1v) is 27.7. The summed E-state index contributed by atoms with van der Waals surface area (Å²) in [4.78, 5) is 161. The SMILES string of the molecule is CC[C@H](C)[C@H](NC(=O)CNC(=O)[C@H](Cc1cnc[nH]1)NC(=O)[C@H](Cc1cnc[nH]1)NC(=O)[C@H](CC(C)C)NC(=O)[C@H](CS)NC(=O)[C@H](CC(C)C)NC(=O)[C@@H](N)CCC(=O)O)C(=O)N[C@@H](Cc1ccc(O)cc1)C(=O)N[C@H](C(N)=O)[C@@H](C)O. The number of carbonyl (C=O) groups is 11. The molecule has 458 valence electrons. The minimum Gasteiger partial charge on any atom is -0.508 e. The number of aromatic amines is 2. The fourth-order valence-electron chi connectivity index (χ4n) is 8.27. The van der Waals surface area contributed by atoms with Gasteiger partial charge < -0.3 is 84.6 Å². The average molecular weight is 1180 g/mol. The molecule has 0 aliphatic heterocycles. The van der Waals surface area contributed by atoms with E-state index in [1.807, 2.05) is 0 Å². The van der Waals surface area contributed by atoms with Gasteiger partial charge in [-0.05, 0) is 61.6 Å². The van der Waals surface area contributed by atoms with Crippen LogP contribution in [0.3, 0.4) is 0 Å². The van der Waals surface area contributed by atoms with Crippen molar-refractivity contribution in [2.75, 3.05) is 12.3 Å². The van der Waals surface area contributed by atoms with Crippen LogP contribution < -0.4 is 59.3 Å². The normalized spacial score (nSPS) is 15.2. The number of phenolic OH excluding ortho intramolecular Hbond substituents is 1. The number of H-pyrrole nitrogens is 2. The number of benzene rings is 1. The monoisotopic (exact) mass is 1180 g/mol. The third-order valence-electron chi connectivity index (χ3n) is 13.1. The van der Waals surface area contributed by atoms with Crippen LogP contribution in [0.25, 0.3) is 0 Å². The van der Waals surface area contributed by atoms with Crippen molar-refractivity contribution in [2.45, 2.75) is 160 Å². The van der Waals surface area contributed by atoms with Crippen LogP contribution in [-0.2, 0) is 72.0 Å². The number of aliphatic hydroxyl groups excluding tert-OH is 1. The van der Waals surface area contributed by atoms with Gasteiger partial charge >= 0.3 is 5.97 Å². The first-order chi connectivity index (χ1) is 39.1. The number of carbonyl (C=O) groups excluding carboxylic acids is 10. The van der Waals surface area contributed by atoms with E-state index < -0.39 is 138 Å². The van der Waals surface area contributed by atoms with Crippen molar-refractivity contribution in [3.8, 4) is 5.75 Å². The lowest BCUT2D eigenvalue weighted by atomic mass is 9.97. The number of aliphatic hydroxyl groups is 1. The third-order valence-corrected chi connectivity index (χ3v) is 13.4. The van der Waals surface area contributed by atoms with Crippen LogP contribution in [0.4, 0.5) is 0 Å². The van der Waals surface area contributed by atoms with Crippen LogP contribution in [0.5, 0.6) is 5.75 Å². The number of thiol groups is 1. The molecule has 18 N–H and O–H groups in total. The summed E-state index contributed by atoms with van der Waals surface area (Å²) in [6, 6.07) is -6.44. The van der Waals surface area contributed by atoms with Gasteiger partial charge in [-0.3, -0.25) is 52.7 Å². The average Bonchev–Trinajstić information content (AvgIpc) is 4.29. The van der Waals surface area contributed by atoms with E-state index in [9.17, 15) is 63.0 Å². The molecule has 0 aliphatic carbocycles. The summed E-state index contributed by atoms with van der Waals surface area (Å²) in [7, 11) is 0. The summed E-state index contributed by atoms with van der Waals surface area (Å²) in [6.45, 7) is 11.0. The highest BCUT2D eigenvalue weighted by Crippen LogP contribution is 2.15. The quantitative estimate of drug-likeness (QED) is 0.0258. The van der Waals surface area contributed by atoms with Crippen LogP contribution in [0.15, 0.2) is 49.3 Å². The Kier molecular flexibility index (Phi) is 28.6. The molecule has 0 unspecified atom stereocenters. The lowest BCUT2D eigenvalue weighted by molar-refractivity contribution is -0.137. The smallest absolute Gasteiger partial charge is 0.303 e. The molecule has 29 nitrogen and oxygen atoms in total. The number of aromatic hydroxyl groups is 1. The van der Waals surface area contributed by atoms with Crippen molar-refractivity contribution >= 4 is 77.7 Å². The number of imidazole rings is 2. The summed E-state index contributed by atoms with van der Waals surface area (Å²) in [5.74, 6) is -11.0. The molecule has 30 heteroatoms. The number of phenols is 1. The Hall–Kier alpha value is -8.12. The highest BCUT2D eigenvalue weighted by Gasteiger charge is 2.36. The van der Waals surface area contributed by atoms with Gasteiger partial charge in [0.25, 0.3) is 0 Å². The van der Waals surface area contributed by atoms with E-state index in [0.717, 1.165) is 0 Å². The predicted molar refractivity (Wildman–Crippen MR) is 303 cm³/mol. The minimum atomic E-state index is -1.52. The number of aromatic nitrogens is 4. The number of primary amides is 1. The fraction of sp³-hybridized carbons (Fsp3) is 0.566. The minimum absolute atomic E-state index is 0.0347. The van der Waals surface area contributed by atoms with Gasteiger partial charge in [-0.2, -0.15) is 12.6 Å². The van der Waals surface area contributed by atoms with Crippen LogP contribution in [-0.4, -0.2) is 173 Å². The fourth-order valence-corrected chi connectivity index (χ4v) is 8.52. The molecular formula is C53H81N15O14S. The largest absolute Gasteiger partial charge is 0.508 e. The van der Waals surface area contributed by atoms with Crippen molar-refractivity contribution in [3.05, 3.63) is 66.3 Å². The number of carboxylic acid groups (broad SMARTS) is 1. The maximum atomic E-state index is 14.4. The van der Waals surface area contributed by atoms with E-state index in [4.69, 9.17) is 16.6 Å². The number of nitrogens with two attached hydrogens (primary N) is 2. The van der Waals surface area contributed by atoms with Gasteiger partial charge in [0, 0.05) is 55.2 Å². The first-order valence-electron chi connectivity index (χ1n) is 27.1. The van der Waals surface area contributed by atoms with Crippen LogP contribution in [0, 0.1) is 17.8 Å². The van der Waals surface area contributed by atoms with E-state index in [0.29, 0.717) is 23.4 Å². The lowest BCUT2D eigenvalue weighted by Gasteiger charge is -2.28. The standard InChI is InChI=1S/C53H81N15O14S/c1-8-28(6)43(53(82)65-37(17-30-9-11-33(70)12-10-30)51(80)68-44(29(7)69)45(55)74)67-41(71)22-58-47(76)38(18-31-20-56-24-59-31)63-50(79)39(19-32-21-57-25-60-32)64-48(77)36(16-27(4)5)62-52(81)40(23-83)66-49(78)35(15-26(2)3)61-46(75)34(54)13-14-42(72)73/h9-12,20-21,24-29,34-40,43-44,69-70,83H,8,13-19,22-23,54H2,1-7H3,(H2,55,74)(H,56,59)(H,57,60)(H,58,76)(H,61,75)(H,62,81)(H,63,79)(H,64,77)(H,65,82)(H,66,78)(H,67,71)(H,68,80)(H,72,73)/t28-,29+,34-,35-,36-,37-,38-,39-,40-,43-,44-/m0/s1. The van der Waals surface area contributed by atoms with Crippen LogP contribution in [0.2, 0.25) is 0 Å². The van der Waals surface area contributed by atoms with E-state index in [2.05, 4.69) is 80.4 Å². The highest BCUT2D eigenvalue weighted by atomic mass is 32.1. The molecular weight excluding hydrogens is 1100 g/mol. The summed E-state index contributed by atoms with van der Waals surface area (Å²) >= 11 is 4.27. The molecule has 2 aromatic heterocycles. The van der Waals surface area contributed by atoms with Gasteiger partial charge in [-0.25, -0.2) is 9.97 Å². The summed E-state index contributed by atoms with van der Waals surface area (Å²) in [6.07, 6.45) is 3.42. The Morgan fingerprint density at radius 3 is 1.49 bits per heavy atom. The van der Waals surface area contributed by atoms with E-state index >= 15 is 0 Å². The summed E-state index contributed by atoms with van der Waals surface area (Å²) in [5, 5.41) is 52.0. The van der Waals surface area contributed by atoms with Crippen molar-refractivity contribution in [3.63, 3.8) is 0 Å². The summed E-state index contributed by atoms with van der Waals surface area (Å²) in [5.41, 5.74) is 12.5. The topological polar surface area (TPSA) is 466 Å². The van der Waals surface area contributed by atoms with Crippen molar-refractivity contribution < 1.29 is 68.1 Å². The lowest BCUT2D eigenvalue weighted by Crippen LogP contribution is -2.61. The van der Waals surface area contributed by atoms with Gasteiger partial charge in [0.1, 0.15) is 54.1 Å². The Morgan fingerprint density at radius 1 is 0.590 bits per heavy atom. The summed E-state index contributed by atoms with van der Waals surface area (Å²) < 4.78 is 0. The zero-order valence-corrected chi connectivity index (χ0v) is 48.4. The molecule has 0 fully saturated rings. The molecule has 11 atom stereocenters. The van der Waals surface area contributed by atoms with Gasteiger partial charge in [0.2, 0.25) is 59.1 Å². The molecule has 3 rings (SSSR count). The zero-order valence-electron chi connectivity index (χ0n) is 47.5. The molecule has 0 radical (unpaired) electrons. The van der Waals surface area contributed by atoms with E-state index in [1.54, 1.807) is 41.5 Å². The number of rotatable bonds is 36. The molecule has 0 spiro atoms. The number of amides is 10. The second-order valence-corrected chi connectivity index (χ2v) is 21.4. The molecule has 0 saturated carbocycles. The number of nitrogens with zero attached hydrogens (tertiary/aromatic N) is 2. The van der Waals surface area contributed by atoms with Gasteiger partial charge in [0.05, 0.1) is 31.3 Å². The van der Waals surface area contributed by atoms with Gasteiger partial charge in [-0.1, -0.05) is 60.1 Å². The predicted octanol–water partition coefficient (Wildman–Crippen LogP) is -3.01. The molecule has 1 aromatic carbocycles. The molecule has 10 amide bonds. The number of aliphatic carboxylic acids is 1. The molecule has 0 aliphatic rings. The number of hydrogen-bond donors (Lipinski definition) is 17. The molecule has 83 heavy (non-hydrogen) atoms. The third kappa shape index (κ3) is 24.1. The first kappa shape index (κ1) is 69.2. The van der Waals surface area contributed by atoms with Crippen molar-refractivity contribution in [1.29, 1.82) is 0 Å². The Labute approximate surface area is 485 Å². The number of nitrogens with one attached hydrogen (secondary N) is 11. The maximum Gasteiger partial charge on any atom is 0.303 e. The second-order valence-electron chi connectivity index (χ2n) is 21.1. The Balaban J connectivity index is 1.83. The van der Waals surface area contributed by atoms with Crippen molar-refractivity contribution in [2.24, 2.45) is 29.2 Å². The van der Waals surface area contributed by atoms with Gasteiger partial charge in [-0.15, -0.1) is 0 Å². The van der Waals surface area contributed by atoms with E-state index in [1.165, 1.54) is 56.2 Å². The second kappa shape index (κ2) is 34.4. The maximum absolute atomic E-state index is 14.4. The molecule has 2 heterocycles. The highest BCUT2D eigenvalue weighted by molar-refractivity contribution is 7.80. The van der Waals surface area contributed by atoms with Gasteiger partial charge in [0.15, 0.2) is 0 Å².